The van der Waals surface area contributed by atoms with E-state index in [0.717, 1.165) is 0 Å². The number of benzene rings is 1. The summed E-state index contributed by atoms with van der Waals surface area (Å²) >= 11 is 0. The minimum absolute atomic E-state index is 0.0117. The molecule has 1 aliphatic heterocycles. The summed E-state index contributed by atoms with van der Waals surface area (Å²) in [6.45, 7) is 1.65. The van der Waals surface area contributed by atoms with E-state index in [0.29, 0.717) is 31.2 Å². The fraction of sp³-hybridized carbons (Fsp3) is 0.500. The van der Waals surface area contributed by atoms with Crippen molar-refractivity contribution in [3.8, 4) is 17.6 Å². The molecular formula is C20H22FNO4. The second kappa shape index (κ2) is 7.08. The van der Waals surface area contributed by atoms with E-state index in [-0.39, 0.29) is 23.2 Å². The average molecular weight is 359 g/mol. The van der Waals surface area contributed by atoms with Gasteiger partial charge in [0.25, 0.3) is 0 Å². The normalized spacial score (nSPS) is 27.8. The largest absolute Gasteiger partial charge is 0.496 e. The van der Waals surface area contributed by atoms with Gasteiger partial charge in [-0.2, -0.15) is 0 Å². The van der Waals surface area contributed by atoms with Crippen molar-refractivity contribution in [3.05, 3.63) is 29.1 Å². The first-order chi connectivity index (χ1) is 12.5. The average Bonchev–Trinajstić information content (AvgIpc) is 2.86. The number of Topliss-reactive ketones (excluding diaryl/α,β-unsaturated/α-hetero) is 1. The standard InChI is InChI=1S/C20H22FNO4/c1-4-5-12-10-14(21)16(15(11-12)26-3)17-18(23)20(22-19(17)24)8-6-13(25-2)7-9-20/h10-11,13,17H,6-9H2,1-3H3,(H,22,24). The number of ketones is 1. The first-order valence-corrected chi connectivity index (χ1v) is 8.65. The highest BCUT2D eigenvalue weighted by atomic mass is 19.1. The van der Waals surface area contributed by atoms with Crippen LogP contribution in [0.5, 0.6) is 5.75 Å². The van der Waals surface area contributed by atoms with Crippen LogP contribution in [0.25, 0.3) is 0 Å². The van der Waals surface area contributed by atoms with Crippen LogP contribution in [0, 0.1) is 17.7 Å². The van der Waals surface area contributed by atoms with Crippen molar-refractivity contribution >= 4 is 11.7 Å². The zero-order valence-electron chi connectivity index (χ0n) is 15.1. The van der Waals surface area contributed by atoms with Gasteiger partial charge in [0.15, 0.2) is 5.78 Å². The van der Waals surface area contributed by atoms with E-state index in [1.807, 2.05) is 0 Å². The molecule has 1 heterocycles. The highest BCUT2D eigenvalue weighted by Crippen LogP contribution is 2.42. The Morgan fingerprint density at radius 2 is 1.92 bits per heavy atom. The van der Waals surface area contributed by atoms with Crippen LogP contribution >= 0.6 is 0 Å². The molecule has 1 aliphatic carbocycles. The van der Waals surface area contributed by atoms with Crippen LogP contribution in [0.15, 0.2) is 12.1 Å². The molecule has 5 nitrogen and oxygen atoms in total. The third-order valence-electron chi connectivity index (χ3n) is 5.35. The summed E-state index contributed by atoms with van der Waals surface area (Å²) in [7, 11) is 3.03. The number of hydrogen-bond donors (Lipinski definition) is 1. The SMILES string of the molecule is CC#Cc1cc(F)c(C2C(=O)NC3(CCC(OC)CC3)C2=O)c(OC)c1. The van der Waals surface area contributed by atoms with Crippen molar-refractivity contribution < 1.29 is 23.5 Å². The molecule has 0 radical (unpaired) electrons. The second-order valence-electron chi connectivity index (χ2n) is 6.75. The number of nitrogens with one attached hydrogen (secondary N) is 1. The van der Waals surface area contributed by atoms with Crippen LogP contribution in [-0.4, -0.2) is 37.6 Å². The van der Waals surface area contributed by atoms with E-state index in [1.54, 1.807) is 20.1 Å². The van der Waals surface area contributed by atoms with Crippen LogP contribution in [0.3, 0.4) is 0 Å². The molecule has 1 atom stereocenters. The summed E-state index contributed by atoms with van der Waals surface area (Å²) in [5.41, 5.74) is -0.509. The van der Waals surface area contributed by atoms with Gasteiger partial charge in [-0.05, 0) is 44.7 Å². The second-order valence-corrected chi connectivity index (χ2v) is 6.75. The van der Waals surface area contributed by atoms with Crippen molar-refractivity contribution in [2.45, 2.75) is 50.2 Å². The molecule has 0 aromatic heterocycles. The number of halogens is 1. The van der Waals surface area contributed by atoms with E-state index >= 15 is 0 Å². The summed E-state index contributed by atoms with van der Waals surface area (Å²) in [6.07, 6.45) is 2.44. The lowest BCUT2D eigenvalue weighted by Crippen LogP contribution is -2.50. The van der Waals surface area contributed by atoms with Gasteiger partial charge >= 0.3 is 0 Å². The Kier molecular flexibility index (Phi) is 5.01. The van der Waals surface area contributed by atoms with Gasteiger partial charge in [0.05, 0.1) is 18.8 Å². The molecule has 2 aliphatic rings. The van der Waals surface area contributed by atoms with Crippen molar-refractivity contribution in [1.29, 1.82) is 0 Å². The maximum Gasteiger partial charge on any atom is 0.236 e. The summed E-state index contributed by atoms with van der Waals surface area (Å²) in [6, 6.07) is 2.80. The maximum absolute atomic E-state index is 14.8. The molecule has 1 unspecified atom stereocenters. The van der Waals surface area contributed by atoms with E-state index < -0.39 is 23.2 Å². The highest BCUT2D eigenvalue weighted by Gasteiger charge is 2.55. The zero-order chi connectivity index (χ0) is 18.9. The van der Waals surface area contributed by atoms with Gasteiger partial charge in [0.2, 0.25) is 5.91 Å². The Labute approximate surface area is 152 Å². The first kappa shape index (κ1) is 18.4. The smallest absolute Gasteiger partial charge is 0.236 e. The van der Waals surface area contributed by atoms with E-state index in [2.05, 4.69) is 17.2 Å². The highest BCUT2D eigenvalue weighted by molar-refractivity contribution is 6.17. The molecule has 6 heteroatoms. The fourth-order valence-corrected chi connectivity index (χ4v) is 3.98. The predicted octanol–water partition coefficient (Wildman–Crippen LogP) is 2.32. The van der Waals surface area contributed by atoms with Crippen LogP contribution in [0.4, 0.5) is 4.39 Å². The summed E-state index contributed by atoms with van der Waals surface area (Å²) in [5.74, 6) is 3.00. The third kappa shape index (κ3) is 2.97. The molecule has 138 valence electrons. The minimum Gasteiger partial charge on any atom is -0.496 e. The fourth-order valence-electron chi connectivity index (χ4n) is 3.98. The lowest BCUT2D eigenvalue weighted by Gasteiger charge is -2.35. The summed E-state index contributed by atoms with van der Waals surface area (Å²) in [4.78, 5) is 25.8. The molecule has 1 saturated heterocycles. The van der Waals surface area contributed by atoms with Gasteiger partial charge in [0, 0.05) is 18.2 Å². The summed E-state index contributed by atoms with van der Waals surface area (Å²) in [5, 5.41) is 2.84. The maximum atomic E-state index is 14.8. The molecule has 1 aromatic rings. The van der Waals surface area contributed by atoms with Crippen LogP contribution in [0.1, 0.15) is 49.7 Å². The van der Waals surface area contributed by atoms with E-state index in [4.69, 9.17) is 9.47 Å². The molecule has 1 saturated carbocycles. The van der Waals surface area contributed by atoms with Crippen LogP contribution in [0.2, 0.25) is 0 Å². The number of ether oxygens (including phenoxy) is 2. The lowest BCUT2D eigenvalue weighted by molar-refractivity contribution is -0.126. The molecule has 1 aromatic carbocycles. The zero-order valence-corrected chi connectivity index (χ0v) is 15.1. The molecule has 26 heavy (non-hydrogen) atoms. The Bertz CT molecular complexity index is 800. The Morgan fingerprint density at radius 1 is 1.23 bits per heavy atom. The van der Waals surface area contributed by atoms with Crippen molar-refractivity contribution in [1.82, 2.24) is 5.32 Å². The van der Waals surface area contributed by atoms with Crippen molar-refractivity contribution in [2.75, 3.05) is 14.2 Å². The molecule has 1 spiro atoms. The predicted molar refractivity (Wildman–Crippen MR) is 93.4 cm³/mol. The van der Waals surface area contributed by atoms with Gasteiger partial charge < -0.3 is 14.8 Å². The van der Waals surface area contributed by atoms with Gasteiger partial charge in [0.1, 0.15) is 17.5 Å². The van der Waals surface area contributed by atoms with Crippen molar-refractivity contribution in [3.63, 3.8) is 0 Å². The Balaban J connectivity index is 1.98. The minimum atomic E-state index is -1.20. The topological polar surface area (TPSA) is 64.6 Å². The molecule has 1 amide bonds. The van der Waals surface area contributed by atoms with Gasteiger partial charge in [-0.3, -0.25) is 9.59 Å². The third-order valence-corrected chi connectivity index (χ3v) is 5.35. The number of carbonyl (C=O) groups excluding carboxylic acids is 2. The summed E-state index contributed by atoms with van der Waals surface area (Å²) < 4.78 is 25.4. The molecule has 3 rings (SSSR count). The number of methoxy groups -OCH3 is 2. The van der Waals surface area contributed by atoms with Gasteiger partial charge in [-0.25, -0.2) is 4.39 Å². The molecule has 1 N–H and O–H groups in total. The lowest BCUT2D eigenvalue weighted by atomic mass is 9.75. The number of rotatable bonds is 3. The Hall–Kier alpha value is -2.39. The monoisotopic (exact) mass is 359 g/mol. The number of carbonyl (C=O) groups is 2. The molecular weight excluding hydrogens is 337 g/mol. The van der Waals surface area contributed by atoms with Crippen LogP contribution < -0.4 is 10.1 Å². The molecule has 2 fully saturated rings. The van der Waals surface area contributed by atoms with Crippen LogP contribution in [-0.2, 0) is 14.3 Å². The van der Waals surface area contributed by atoms with Gasteiger partial charge in [-0.15, -0.1) is 5.92 Å². The first-order valence-electron chi connectivity index (χ1n) is 8.65. The Morgan fingerprint density at radius 3 is 2.50 bits per heavy atom. The number of hydrogen-bond acceptors (Lipinski definition) is 4. The van der Waals surface area contributed by atoms with Crippen molar-refractivity contribution in [2.24, 2.45) is 0 Å². The van der Waals surface area contributed by atoms with Gasteiger partial charge in [-0.1, -0.05) is 5.92 Å². The molecule has 0 bridgehead atoms. The van der Waals surface area contributed by atoms with E-state index in [1.165, 1.54) is 13.2 Å². The number of amides is 1. The quantitative estimate of drug-likeness (QED) is 0.664. The van der Waals surface area contributed by atoms with E-state index in [9.17, 15) is 14.0 Å².